The van der Waals surface area contributed by atoms with E-state index in [1.54, 1.807) is 0 Å². The first-order valence-electron chi connectivity index (χ1n) is 5.43. The van der Waals surface area contributed by atoms with Crippen molar-refractivity contribution in [2.45, 2.75) is 39.3 Å². The number of hydrogen-bond donors (Lipinski definition) is 0. The van der Waals surface area contributed by atoms with E-state index in [1.165, 1.54) is 35.0 Å². The van der Waals surface area contributed by atoms with Crippen LogP contribution in [0.4, 0.5) is 0 Å². The van der Waals surface area contributed by atoms with E-state index in [1.807, 2.05) is 11.3 Å². The van der Waals surface area contributed by atoms with Gasteiger partial charge in [0.05, 0.1) is 12.2 Å². The molecule has 1 atom stereocenters. The molecule has 1 unspecified atom stereocenters. The maximum Gasteiger partial charge on any atom is 0.107 e. The molecule has 0 aliphatic carbocycles. The van der Waals surface area contributed by atoms with E-state index in [0.717, 1.165) is 17.9 Å². The summed E-state index contributed by atoms with van der Waals surface area (Å²) in [6.45, 7) is 6.52. The lowest BCUT2D eigenvalue weighted by molar-refractivity contribution is 0.264. The molecule has 15 heavy (non-hydrogen) atoms. The zero-order chi connectivity index (χ0) is 10.8. The van der Waals surface area contributed by atoms with Crippen molar-refractivity contribution in [3.63, 3.8) is 0 Å². The molecule has 0 saturated carbocycles. The Morgan fingerprint density at radius 1 is 1.53 bits per heavy atom. The van der Waals surface area contributed by atoms with Crippen molar-refractivity contribution < 1.29 is 0 Å². The molecule has 0 bridgehead atoms. The second kappa shape index (κ2) is 4.93. The van der Waals surface area contributed by atoms with Gasteiger partial charge in [0.25, 0.3) is 0 Å². The van der Waals surface area contributed by atoms with E-state index in [9.17, 15) is 0 Å². The van der Waals surface area contributed by atoms with Crippen molar-refractivity contribution in [1.29, 1.82) is 0 Å². The standard InChI is InChI=1S/C11H17BrN2S/c1-8-9(2)15-11(13-8)7-14-5-3-4-10(14)6-12/h10H,3-7H2,1-2H3. The van der Waals surface area contributed by atoms with Crippen molar-refractivity contribution >= 4 is 27.3 Å². The molecule has 1 saturated heterocycles. The van der Waals surface area contributed by atoms with Crippen molar-refractivity contribution in [3.8, 4) is 0 Å². The van der Waals surface area contributed by atoms with Crippen LogP contribution in [0.3, 0.4) is 0 Å². The smallest absolute Gasteiger partial charge is 0.107 e. The average Bonchev–Trinajstić information content (AvgIpc) is 2.75. The van der Waals surface area contributed by atoms with Crippen LogP contribution in [0, 0.1) is 13.8 Å². The van der Waals surface area contributed by atoms with Gasteiger partial charge in [0.2, 0.25) is 0 Å². The minimum absolute atomic E-state index is 0.717. The molecule has 0 amide bonds. The molecule has 4 heteroatoms. The van der Waals surface area contributed by atoms with Gasteiger partial charge in [0, 0.05) is 16.2 Å². The Morgan fingerprint density at radius 3 is 2.93 bits per heavy atom. The molecule has 1 aliphatic rings. The van der Waals surface area contributed by atoms with Crippen LogP contribution in [0.5, 0.6) is 0 Å². The highest BCUT2D eigenvalue weighted by molar-refractivity contribution is 9.09. The Hall–Kier alpha value is 0.0700. The summed E-state index contributed by atoms with van der Waals surface area (Å²) in [5, 5.41) is 2.37. The third kappa shape index (κ3) is 2.60. The van der Waals surface area contributed by atoms with Gasteiger partial charge in [-0.1, -0.05) is 15.9 Å². The number of hydrogen-bond acceptors (Lipinski definition) is 3. The lowest BCUT2D eigenvalue weighted by atomic mass is 10.2. The summed E-state index contributed by atoms with van der Waals surface area (Å²) in [5.41, 5.74) is 1.20. The molecule has 2 nitrogen and oxygen atoms in total. The molecule has 1 aliphatic heterocycles. The van der Waals surface area contributed by atoms with Gasteiger partial charge in [0.15, 0.2) is 0 Å². The van der Waals surface area contributed by atoms with Crippen LogP contribution >= 0.6 is 27.3 Å². The van der Waals surface area contributed by atoms with Gasteiger partial charge in [-0.2, -0.15) is 0 Å². The highest BCUT2D eigenvalue weighted by atomic mass is 79.9. The Balaban J connectivity index is 2.02. The summed E-state index contributed by atoms with van der Waals surface area (Å²) in [6, 6.07) is 0.717. The van der Waals surface area contributed by atoms with Gasteiger partial charge in [-0.25, -0.2) is 4.98 Å². The number of alkyl halides is 1. The SMILES string of the molecule is Cc1nc(CN2CCCC2CBr)sc1C. The van der Waals surface area contributed by atoms with Crippen LogP contribution < -0.4 is 0 Å². The minimum Gasteiger partial charge on any atom is -0.293 e. The predicted molar refractivity (Wildman–Crippen MR) is 68.8 cm³/mol. The Labute approximate surface area is 104 Å². The molecule has 1 aromatic rings. The molecular weight excluding hydrogens is 272 g/mol. The van der Waals surface area contributed by atoms with Crippen LogP contribution in [0.25, 0.3) is 0 Å². The van der Waals surface area contributed by atoms with Gasteiger partial charge in [0.1, 0.15) is 5.01 Å². The highest BCUT2D eigenvalue weighted by Crippen LogP contribution is 2.24. The Morgan fingerprint density at radius 2 is 2.33 bits per heavy atom. The maximum atomic E-state index is 4.60. The number of likely N-dealkylation sites (tertiary alicyclic amines) is 1. The Kier molecular flexibility index (Phi) is 3.80. The monoisotopic (exact) mass is 288 g/mol. The van der Waals surface area contributed by atoms with Crippen molar-refractivity contribution in [1.82, 2.24) is 9.88 Å². The van der Waals surface area contributed by atoms with Crippen LogP contribution in [-0.2, 0) is 6.54 Å². The van der Waals surface area contributed by atoms with Crippen molar-refractivity contribution in [3.05, 3.63) is 15.6 Å². The molecule has 2 rings (SSSR count). The van der Waals surface area contributed by atoms with Crippen LogP contribution in [0.2, 0.25) is 0 Å². The molecule has 2 heterocycles. The maximum absolute atomic E-state index is 4.60. The zero-order valence-corrected chi connectivity index (χ0v) is 11.7. The van der Waals surface area contributed by atoms with Crippen LogP contribution in [0.15, 0.2) is 0 Å². The molecule has 1 aromatic heterocycles. The van der Waals surface area contributed by atoms with Crippen LogP contribution in [0.1, 0.15) is 28.4 Å². The van der Waals surface area contributed by atoms with E-state index < -0.39 is 0 Å². The van der Waals surface area contributed by atoms with Crippen molar-refractivity contribution in [2.75, 3.05) is 11.9 Å². The highest BCUT2D eigenvalue weighted by Gasteiger charge is 2.24. The molecule has 0 N–H and O–H groups in total. The van der Waals surface area contributed by atoms with Gasteiger partial charge >= 0.3 is 0 Å². The summed E-state index contributed by atoms with van der Waals surface area (Å²) >= 11 is 5.44. The summed E-state index contributed by atoms with van der Waals surface area (Å²) in [7, 11) is 0. The zero-order valence-electron chi connectivity index (χ0n) is 9.29. The second-order valence-corrected chi connectivity index (χ2v) is 6.11. The van der Waals surface area contributed by atoms with E-state index in [-0.39, 0.29) is 0 Å². The van der Waals surface area contributed by atoms with E-state index >= 15 is 0 Å². The minimum atomic E-state index is 0.717. The molecule has 0 spiro atoms. The summed E-state index contributed by atoms with van der Waals surface area (Å²) in [4.78, 5) is 8.51. The summed E-state index contributed by atoms with van der Waals surface area (Å²) in [5.74, 6) is 0. The molecular formula is C11H17BrN2S. The normalized spacial score (nSPS) is 22.5. The van der Waals surface area contributed by atoms with Gasteiger partial charge in [-0.05, 0) is 33.2 Å². The summed E-state index contributed by atoms with van der Waals surface area (Å²) in [6.07, 6.45) is 2.66. The first-order chi connectivity index (χ1) is 7.20. The lowest BCUT2D eigenvalue weighted by Crippen LogP contribution is -2.29. The molecule has 1 fully saturated rings. The lowest BCUT2D eigenvalue weighted by Gasteiger charge is -2.21. The van der Waals surface area contributed by atoms with Crippen LogP contribution in [-0.4, -0.2) is 27.8 Å². The number of aryl methyl sites for hydroxylation is 2. The van der Waals surface area contributed by atoms with Gasteiger partial charge in [-0.15, -0.1) is 11.3 Å². The fraction of sp³-hybridized carbons (Fsp3) is 0.727. The number of aromatic nitrogens is 1. The number of halogens is 1. The topological polar surface area (TPSA) is 16.1 Å². The van der Waals surface area contributed by atoms with Gasteiger partial charge in [-0.3, -0.25) is 4.90 Å². The van der Waals surface area contributed by atoms with E-state index in [2.05, 4.69) is 39.7 Å². The predicted octanol–water partition coefficient (Wildman–Crippen LogP) is 3.12. The van der Waals surface area contributed by atoms with Gasteiger partial charge < -0.3 is 0 Å². The molecule has 84 valence electrons. The largest absolute Gasteiger partial charge is 0.293 e. The number of thiazole rings is 1. The summed E-state index contributed by atoms with van der Waals surface area (Å²) < 4.78 is 0. The molecule has 0 aromatic carbocycles. The number of nitrogens with zero attached hydrogens (tertiary/aromatic N) is 2. The quantitative estimate of drug-likeness (QED) is 0.795. The van der Waals surface area contributed by atoms with E-state index in [0.29, 0.717) is 0 Å². The Bertz CT molecular complexity index is 318. The van der Waals surface area contributed by atoms with Crippen molar-refractivity contribution in [2.24, 2.45) is 0 Å². The molecule has 0 radical (unpaired) electrons. The van der Waals surface area contributed by atoms with E-state index in [4.69, 9.17) is 0 Å². The number of rotatable bonds is 3. The second-order valence-electron chi connectivity index (χ2n) is 4.17. The first kappa shape index (κ1) is 11.6. The fourth-order valence-electron chi connectivity index (χ4n) is 2.06. The fourth-order valence-corrected chi connectivity index (χ4v) is 3.75. The first-order valence-corrected chi connectivity index (χ1v) is 7.37. The third-order valence-electron chi connectivity index (χ3n) is 3.09. The average molecular weight is 289 g/mol. The third-order valence-corrected chi connectivity index (χ3v) is 4.89.